The van der Waals surface area contributed by atoms with Crippen LogP contribution in [0, 0.1) is 0 Å². The zero-order chi connectivity index (χ0) is 43.2. The molecule has 0 radical (unpaired) electrons. The first-order valence-corrected chi connectivity index (χ1v) is 22.9. The fraction of sp³-hybridized carbons (Fsp3) is 0.652. The highest BCUT2D eigenvalue weighted by Gasteiger charge is 2.22. The maximum absolute atomic E-state index is 12.7. The number of rotatable bonds is 37. The predicted octanol–water partition coefficient (Wildman–Crippen LogP) is 9.33. The van der Waals surface area contributed by atoms with E-state index in [4.69, 9.17) is 18.5 Å². The SMILES string of the molecule is CC/C=C\C/C=C\C/C=C\C/C=C\C[C@@H](O)[C@H](O)CCCC(=O)O[C@H](COC(=O)CCCC/C=C\C/C=C\C/C=C\CCCCC)COP(=O)([O-])OCC[N+](C)(C)C. The molecular weight excluding hydrogens is 757 g/mol. The summed E-state index contributed by atoms with van der Waals surface area (Å²) in [4.78, 5) is 37.6. The molecule has 11 nitrogen and oxygen atoms in total. The number of quaternary nitrogens is 1. The number of nitrogens with zero attached hydrogens (tertiary/aromatic N) is 1. The number of hydrogen-bond donors (Lipinski definition) is 2. The summed E-state index contributed by atoms with van der Waals surface area (Å²) in [5.74, 6) is -1.18. The van der Waals surface area contributed by atoms with Crippen molar-refractivity contribution in [3.8, 4) is 0 Å². The first-order valence-electron chi connectivity index (χ1n) is 21.5. The zero-order valence-electron chi connectivity index (χ0n) is 36.4. The van der Waals surface area contributed by atoms with E-state index in [0.29, 0.717) is 17.4 Å². The Morgan fingerprint density at radius 2 is 1.16 bits per heavy atom. The molecule has 0 saturated carbocycles. The predicted molar refractivity (Wildman–Crippen MR) is 234 cm³/mol. The minimum atomic E-state index is -4.72. The van der Waals surface area contributed by atoms with Gasteiger partial charge in [-0.3, -0.25) is 14.2 Å². The van der Waals surface area contributed by atoms with Crippen molar-refractivity contribution in [2.24, 2.45) is 0 Å². The van der Waals surface area contributed by atoms with Gasteiger partial charge in [0.1, 0.15) is 19.8 Å². The number of likely N-dealkylation sites (N-methyl/N-ethyl adjacent to an activating group) is 1. The van der Waals surface area contributed by atoms with Crippen molar-refractivity contribution in [2.45, 2.75) is 148 Å². The Morgan fingerprint density at radius 3 is 1.71 bits per heavy atom. The fourth-order valence-electron chi connectivity index (χ4n) is 5.10. The summed E-state index contributed by atoms with van der Waals surface area (Å²) in [5, 5.41) is 20.8. The third-order valence-electron chi connectivity index (χ3n) is 8.60. The van der Waals surface area contributed by atoms with Gasteiger partial charge in [0, 0.05) is 12.8 Å². The van der Waals surface area contributed by atoms with Crippen molar-refractivity contribution in [3.05, 3.63) is 85.1 Å². The quantitative estimate of drug-likeness (QED) is 0.0204. The van der Waals surface area contributed by atoms with Crippen LogP contribution in [-0.2, 0) is 32.7 Å². The third-order valence-corrected chi connectivity index (χ3v) is 9.56. The van der Waals surface area contributed by atoms with E-state index in [1.165, 1.54) is 19.3 Å². The summed E-state index contributed by atoms with van der Waals surface area (Å²) in [6.07, 6.45) is 39.3. The molecule has 332 valence electrons. The molecule has 58 heavy (non-hydrogen) atoms. The Kier molecular flexibility index (Phi) is 35.3. The van der Waals surface area contributed by atoms with Crippen LogP contribution in [0.4, 0.5) is 0 Å². The summed E-state index contributed by atoms with van der Waals surface area (Å²) in [6.45, 7) is 3.66. The van der Waals surface area contributed by atoms with Gasteiger partial charge in [-0.2, -0.15) is 0 Å². The van der Waals surface area contributed by atoms with Gasteiger partial charge in [0.2, 0.25) is 0 Å². The molecule has 0 saturated heterocycles. The lowest BCUT2D eigenvalue weighted by Gasteiger charge is -2.28. The maximum Gasteiger partial charge on any atom is 0.306 e. The number of ether oxygens (including phenoxy) is 2. The van der Waals surface area contributed by atoms with E-state index in [1.807, 2.05) is 39.4 Å². The van der Waals surface area contributed by atoms with E-state index in [1.54, 1.807) is 0 Å². The fourth-order valence-corrected chi connectivity index (χ4v) is 5.83. The number of allylic oxidation sites excluding steroid dienone is 13. The number of unbranched alkanes of at least 4 members (excludes halogenated alkanes) is 5. The van der Waals surface area contributed by atoms with Crippen LogP contribution in [-0.4, -0.2) is 92.5 Å². The number of aliphatic hydroxyl groups is 2. The maximum atomic E-state index is 12.7. The van der Waals surface area contributed by atoms with E-state index < -0.39 is 44.7 Å². The molecule has 12 heteroatoms. The molecule has 0 spiro atoms. The molecule has 0 aliphatic rings. The number of aliphatic hydroxyl groups excluding tert-OH is 2. The van der Waals surface area contributed by atoms with Gasteiger partial charge in [0.15, 0.2) is 6.10 Å². The lowest BCUT2D eigenvalue weighted by atomic mass is 10.0. The average Bonchev–Trinajstić information content (AvgIpc) is 3.17. The highest BCUT2D eigenvalue weighted by atomic mass is 31.2. The highest BCUT2D eigenvalue weighted by molar-refractivity contribution is 7.45. The number of carbonyl (C=O) groups is 2. The van der Waals surface area contributed by atoms with Crippen molar-refractivity contribution < 1.29 is 52.3 Å². The highest BCUT2D eigenvalue weighted by Crippen LogP contribution is 2.38. The van der Waals surface area contributed by atoms with Crippen LogP contribution in [0.15, 0.2) is 85.1 Å². The van der Waals surface area contributed by atoms with Gasteiger partial charge in [-0.05, 0) is 89.9 Å². The largest absolute Gasteiger partial charge is 0.756 e. The van der Waals surface area contributed by atoms with Crippen LogP contribution >= 0.6 is 7.82 Å². The normalized spacial score (nSPS) is 15.5. The van der Waals surface area contributed by atoms with E-state index in [2.05, 4.69) is 80.7 Å². The van der Waals surface area contributed by atoms with Crippen molar-refractivity contribution in [2.75, 3.05) is 47.5 Å². The Morgan fingerprint density at radius 1 is 0.638 bits per heavy atom. The number of hydrogen-bond acceptors (Lipinski definition) is 10. The van der Waals surface area contributed by atoms with Crippen molar-refractivity contribution in [3.63, 3.8) is 0 Å². The molecule has 0 bridgehead atoms. The first-order chi connectivity index (χ1) is 27.8. The Hall–Kier alpha value is -2.89. The molecule has 0 fully saturated rings. The molecule has 0 aromatic carbocycles. The van der Waals surface area contributed by atoms with Gasteiger partial charge in [-0.25, -0.2) is 0 Å². The van der Waals surface area contributed by atoms with Crippen LogP contribution < -0.4 is 4.89 Å². The monoisotopic (exact) mass is 836 g/mol. The van der Waals surface area contributed by atoms with E-state index >= 15 is 0 Å². The van der Waals surface area contributed by atoms with Gasteiger partial charge >= 0.3 is 11.9 Å². The van der Waals surface area contributed by atoms with Crippen LogP contribution in [0.25, 0.3) is 0 Å². The molecule has 0 aromatic heterocycles. The van der Waals surface area contributed by atoms with Crippen LogP contribution in [0.3, 0.4) is 0 Å². The first kappa shape index (κ1) is 55.1. The lowest BCUT2D eigenvalue weighted by Crippen LogP contribution is -2.37. The molecule has 4 atom stereocenters. The smallest absolute Gasteiger partial charge is 0.306 e. The van der Waals surface area contributed by atoms with E-state index in [-0.39, 0.29) is 45.3 Å². The van der Waals surface area contributed by atoms with E-state index in [0.717, 1.165) is 57.8 Å². The van der Waals surface area contributed by atoms with Gasteiger partial charge < -0.3 is 38.1 Å². The van der Waals surface area contributed by atoms with Crippen LogP contribution in [0.2, 0.25) is 0 Å². The van der Waals surface area contributed by atoms with Crippen molar-refractivity contribution in [1.82, 2.24) is 0 Å². The van der Waals surface area contributed by atoms with Crippen LogP contribution in [0.1, 0.15) is 129 Å². The van der Waals surface area contributed by atoms with Gasteiger partial charge in [-0.1, -0.05) is 112 Å². The summed E-state index contributed by atoms with van der Waals surface area (Å²) in [6, 6.07) is 0. The molecule has 2 N–H and O–H groups in total. The molecule has 0 aliphatic carbocycles. The van der Waals surface area contributed by atoms with Crippen molar-refractivity contribution >= 4 is 19.8 Å². The third kappa shape index (κ3) is 38.6. The minimum Gasteiger partial charge on any atom is -0.756 e. The van der Waals surface area contributed by atoms with E-state index in [9.17, 15) is 29.3 Å². The van der Waals surface area contributed by atoms with Gasteiger partial charge in [-0.15, -0.1) is 0 Å². The average molecular weight is 836 g/mol. The Balaban J connectivity index is 4.72. The molecule has 0 aromatic rings. The molecule has 0 heterocycles. The zero-order valence-corrected chi connectivity index (χ0v) is 37.3. The number of phosphoric acid groups is 1. The van der Waals surface area contributed by atoms with Crippen molar-refractivity contribution in [1.29, 1.82) is 0 Å². The standard InChI is InChI=1S/C46H78NO10P/c1-6-8-10-12-14-16-18-20-21-22-24-26-28-30-32-36-45(50)54-40-42(41-56-58(52,53)55-39-38-47(3,4)5)57-46(51)37-33-35-44(49)43(48)34-31-29-27-25-23-19-17-15-13-11-9-7-2/h9,11,14-17,20-21,23-26,29,31,42-44,48-49H,6-8,10,12-13,18-19,22,27-28,30,32-41H2,1-5H3/b11-9-,16-14-,17-15-,21-20-,25-23-,26-24-,31-29-/t42-,43-,44-/m1/s1. The van der Waals surface area contributed by atoms with Gasteiger partial charge in [0.05, 0.1) is 40.0 Å². The van der Waals surface area contributed by atoms with Gasteiger partial charge in [0.25, 0.3) is 7.82 Å². The summed E-state index contributed by atoms with van der Waals surface area (Å²) >= 11 is 0. The topological polar surface area (TPSA) is 152 Å². The second-order valence-electron chi connectivity index (χ2n) is 15.3. The number of phosphoric ester groups is 1. The lowest BCUT2D eigenvalue weighted by molar-refractivity contribution is -0.870. The number of esters is 2. The molecule has 0 aliphatic heterocycles. The minimum absolute atomic E-state index is 0.0943. The Bertz CT molecular complexity index is 1300. The summed E-state index contributed by atoms with van der Waals surface area (Å²) in [7, 11) is 0.950. The molecule has 0 rings (SSSR count). The molecular formula is C46H78NO10P. The number of carbonyl (C=O) groups excluding carboxylic acids is 2. The molecule has 0 amide bonds. The summed E-state index contributed by atoms with van der Waals surface area (Å²) in [5.41, 5.74) is 0. The second-order valence-corrected chi connectivity index (χ2v) is 16.7. The molecule has 1 unspecified atom stereocenters. The second kappa shape index (κ2) is 37.1. The Labute approximate surface area is 351 Å². The van der Waals surface area contributed by atoms with Crippen LogP contribution in [0.5, 0.6) is 0 Å². The summed E-state index contributed by atoms with van der Waals surface area (Å²) < 4.78 is 33.6.